The van der Waals surface area contributed by atoms with E-state index in [0.29, 0.717) is 0 Å². The van der Waals surface area contributed by atoms with Crippen molar-refractivity contribution in [2.75, 3.05) is 10.6 Å². The molecule has 2 N–H and O–H groups in total. The van der Waals surface area contributed by atoms with Gasteiger partial charge in [0.2, 0.25) is 5.91 Å². The topological polar surface area (TPSA) is 58.2 Å². The lowest BCUT2D eigenvalue weighted by molar-refractivity contribution is -0.114. The summed E-state index contributed by atoms with van der Waals surface area (Å²) >= 11 is 0. The summed E-state index contributed by atoms with van der Waals surface area (Å²) in [4.78, 5) is 23.6. The van der Waals surface area contributed by atoms with E-state index in [1.807, 2.05) is 57.2 Å². The van der Waals surface area contributed by atoms with Gasteiger partial charge in [-0.2, -0.15) is 0 Å². The molecule has 1 amide bonds. The molecule has 24 heavy (non-hydrogen) atoms. The molecule has 4 nitrogen and oxygen atoms in total. The SMILES string of the molecule is CC(=O)Nc1ccc(C)c(Nc2ccc3c(c2)CC(C)(C)C3=O)c1. The Hall–Kier alpha value is -2.62. The Morgan fingerprint density at radius 1 is 1.08 bits per heavy atom. The summed E-state index contributed by atoms with van der Waals surface area (Å²) < 4.78 is 0. The second kappa shape index (κ2) is 5.78. The van der Waals surface area contributed by atoms with Crippen molar-refractivity contribution in [3.05, 3.63) is 53.1 Å². The minimum Gasteiger partial charge on any atom is -0.355 e. The van der Waals surface area contributed by atoms with E-state index in [-0.39, 0.29) is 17.1 Å². The molecule has 1 aliphatic rings. The number of benzene rings is 2. The second-order valence-corrected chi connectivity index (χ2v) is 7.10. The lowest BCUT2D eigenvalue weighted by Gasteiger charge is -2.13. The zero-order chi connectivity index (χ0) is 17.5. The number of amides is 1. The maximum absolute atomic E-state index is 12.3. The molecule has 124 valence electrons. The normalized spacial score (nSPS) is 15.1. The lowest BCUT2D eigenvalue weighted by atomic mass is 9.89. The fourth-order valence-electron chi connectivity index (χ4n) is 3.15. The first-order valence-corrected chi connectivity index (χ1v) is 8.09. The predicted molar refractivity (Wildman–Crippen MR) is 97.0 cm³/mol. The summed E-state index contributed by atoms with van der Waals surface area (Å²) in [7, 11) is 0. The van der Waals surface area contributed by atoms with Gasteiger partial charge in [0.1, 0.15) is 0 Å². The summed E-state index contributed by atoms with van der Waals surface area (Å²) in [5.41, 5.74) is 5.32. The van der Waals surface area contributed by atoms with Crippen molar-refractivity contribution < 1.29 is 9.59 Å². The van der Waals surface area contributed by atoms with Crippen molar-refractivity contribution >= 4 is 28.8 Å². The quantitative estimate of drug-likeness (QED) is 0.877. The molecule has 0 aromatic heterocycles. The Balaban J connectivity index is 1.88. The monoisotopic (exact) mass is 322 g/mol. The zero-order valence-corrected chi connectivity index (χ0v) is 14.5. The predicted octanol–water partition coefficient (Wildman–Crippen LogP) is 4.46. The fourth-order valence-corrected chi connectivity index (χ4v) is 3.15. The van der Waals surface area contributed by atoms with E-state index in [4.69, 9.17) is 0 Å². The van der Waals surface area contributed by atoms with Crippen molar-refractivity contribution in [1.82, 2.24) is 0 Å². The van der Waals surface area contributed by atoms with Crippen LogP contribution >= 0.6 is 0 Å². The molecule has 0 heterocycles. The number of carbonyl (C=O) groups excluding carboxylic acids is 2. The van der Waals surface area contributed by atoms with E-state index in [0.717, 1.165) is 40.2 Å². The Morgan fingerprint density at radius 2 is 1.79 bits per heavy atom. The molecule has 0 aliphatic heterocycles. The van der Waals surface area contributed by atoms with Crippen LogP contribution in [0.4, 0.5) is 17.1 Å². The van der Waals surface area contributed by atoms with E-state index in [2.05, 4.69) is 10.6 Å². The molecule has 2 aromatic carbocycles. The molecule has 0 saturated carbocycles. The Kier molecular flexibility index (Phi) is 3.91. The maximum atomic E-state index is 12.3. The van der Waals surface area contributed by atoms with Crippen LogP contribution in [-0.2, 0) is 11.2 Å². The highest BCUT2D eigenvalue weighted by Gasteiger charge is 2.37. The largest absolute Gasteiger partial charge is 0.355 e. The standard InChI is InChI=1S/C20H22N2O2/c1-12-5-6-16(21-13(2)23)10-18(12)22-15-7-8-17-14(9-15)11-20(3,4)19(17)24/h5-10,22H,11H2,1-4H3,(H,21,23). The van der Waals surface area contributed by atoms with Gasteiger partial charge < -0.3 is 10.6 Å². The molecule has 0 unspecified atom stereocenters. The molecule has 0 spiro atoms. The van der Waals surface area contributed by atoms with Crippen LogP contribution < -0.4 is 10.6 Å². The third kappa shape index (κ3) is 3.04. The van der Waals surface area contributed by atoms with E-state index in [1.54, 1.807) is 0 Å². The minimum absolute atomic E-state index is 0.0944. The first-order chi connectivity index (χ1) is 11.3. The molecule has 0 saturated heterocycles. The highest BCUT2D eigenvalue weighted by molar-refractivity contribution is 6.04. The number of anilines is 3. The van der Waals surface area contributed by atoms with Gasteiger partial charge in [-0.05, 0) is 54.8 Å². The van der Waals surface area contributed by atoms with Crippen LogP contribution in [0.15, 0.2) is 36.4 Å². The van der Waals surface area contributed by atoms with E-state index in [9.17, 15) is 9.59 Å². The average Bonchev–Trinajstić information content (AvgIpc) is 2.71. The van der Waals surface area contributed by atoms with Crippen LogP contribution in [0.1, 0.15) is 42.3 Å². The number of hydrogen-bond donors (Lipinski definition) is 2. The first kappa shape index (κ1) is 16.2. The molecule has 3 rings (SSSR count). The molecule has 0 atom stereocenters. The first-order valence-electron chi connectivity index (χ1n) is 8.09. The Bertz CT molecular complexity index is 838. The summed E-state index contributed by atoms with van der Waals surface area (Å²) in [6, 6.07) is 11.6. The fraction of sp³-hybridized carbons (Fsp3) is 0.300. The molecule has 4 heteroatoms. The third-order valence-corrected chi connectivity index (χ3v) is 4.43. The van der Waals surface area contributed by atoms with Gasteiger partial charge in [0, 0.05) is 35.0 Å². The molecule has 1 aliphatic carbocycles. The van der Waals surface area contributed by atoms with E-state index in [1.165, 1.54) is 6.92 Å². The van der Waals surface area contributed by atoms with E-state index < -0.39 is 0 Å². The summed E-state index contributed by atoms with van der Waals surface area (Å²) in [5, 5.41) is 6.19. The average molecular weight is 322 g/mol. The molecule has 0 radical (unpaired) electrons. The van der Waals surface area contributed by atoms with Crippen LogP contribution in [0.5, 0.6) is 0 Å². The van der Waals surface area contributed by atoms with Crippen molar-refractivity contribution in [2.45, 2.75) is 34.1 Å². The number of hydrogen-bond acceptors (Lipinski definition) is 3. The van der Waals surface area contributed by atoms with Gasteiger partial charge in [-0.1, -0.05) is 19.9 Å². The van der Waals surface area contributed by atoms with Gasteiger partial charge in [0.25, 0.3) is 0 Å². The number of rotatable bonds is 3. The van der Waals surface area contributed by atoms with Crippen molar-refractivity contribution in [2.24, 2.45) is 5.41 Å². The van der Waals surface area contributed by atoms with Gasteiger partial charge in [-0.15, -0.1) is 0 Å². The zero-order valence-electron chi connectivity index (χ0n) is 14.5. The summed E-state index contributed by atoms with van der Waals surface area (Å²) in [5.74, 6) is 0.121. The molecule has 2 aromatic rings. The van der Waals surface area contributed by atoms with Gasteiger partial charge >= 0.3 is 0 Å². The van der Waals surface area contributed by atoms with Crippen molar-refractivity contribution in [3.8, 4) is 0 Å². The molecular weight excluding hydrogens is 300 g/mol. The number of ketones is 1. The maximum Gasteiger partial charge on any atom is 0.221 e. The highest BCUT2D eigenvalue weighted by atomic mass is 16.1. The highest BCUT2D eigenvalue weighted by Crippen LogP contribution is 2.37. The molecule has 0 bridgehead atoms. The van der Waals surface area contributed by atoms with Gasteiger partial charge in [0.05, 0.1) is 0 Å². The van der Waals surface area contributed by atoms with Crippen LogP contribution in [-0.4, -0.2) is 11.7 Å². The summed E-state index contributed by atoms with van der Waals surface area (Å²) in [6.45, 7) is 7.49. The number of carbonyl (C=O) groups is 2. The third-order valence-electron chi connectivity index (χ3n) is 4.43. The smallest absolute Gasteiger partial charge is 0.221 e. The second-order valence-electron chi connectivity index (χ2n) is 7.10. The lowest BCUT2D eigenvalue weighted by Crippen LogP contribution is -2.18. The van der Waals surface area contributed by atoms with Gasteiger partial charge in [-0.25, -0.2) is 0 Å². The number of nitrogens with one attached hydrogen (secondary N) is 2. The van der Waals surface area contributed by atoms with Crippen LogP contribution in [0.3, 0.4) is 0 Å². The van der Waals surface area contributed by atoms with E-state index >= 15 is 0 Å². The van der Waals surface area contributed by atoms with Gasteiger partial charge in [0.15, 0.2) is 5.78 Å². The Morgan fingerprint density at radius 3 is 2.50 bits per heavy atom. The number of Topliss-reactive ketones (excluding diaryl/α,β-unsaturated/α-hetero) is 1. The molecular formula is C20H22N2O2. The van der Waals surface area contributed by atoms with Crippen LogP contribution in [0, 0.1) is 12.3 Å². The van der Waals surface area contributed by atoms with Crippen molar-refractivity contribution in [3.63, 3.8) is 0 Å². The van der Waals surface area contributed by atoms with Crippen LogP contribution in [0.25, 0.3) is 0 Å². The molecule has 0 fully saturated rings. The van der Waals surface area contributed by atoms with Gasteiger partial charge in [-0.3, -0.25) is 9.59 Å². The minimum atomic E-state index is -0.317. The van der Waals surface area contributed by atoms with Crippen LogP contribution in [0.2, 0.25) is 0 Å². The van der Waals surface area contributed by atoms with Crippen molar-refractivity contribution in [1.29, 1.82) is 0 Å². The number of aryl methyl sites for hydroxylation is 1. The number of fused-ring (bicyclic) bond motifs is 1. The summed E-state index contributed by atoms with van der Waals surface area (Å²) in [6.07, 6.45) is 0.765. The Labute approximate surface area is 142 Å².